The van der Waals surface area contributed by atoms with E-state index >= 15 is 0 Å². The zero-order valence-electron chi connectivity index (χ0n) is 12.3. The second-order valence-electron chi connectivity index (χ2n) is 5.96. The highest BCUT2D eigenvalue weighted by molar-refractivity contribution is 7.89. The maximum Gasteiger partial charge on any atom is 0.243 e. The molecule has 1 heterocycles. The first-order valence-corrected chi connectivity index (χ1v) is 8.93. The Balaban J connectivity index is 1.96. The smallest absolute Gasteiger partial charge is 0.243 e. The van der Waals surface area contributed by atoms with Crippen molar-refractivity contribution >= 4 is 15.7 Å². The molecule has 2 unspecified atom stereocenters. The molecule has 0 bridgehead atoms. The molecule has 2 atom stereocenters. The van der Waals surface area contributed by atoms with Gasteiger partial charge in [-0.3, -0.25) is 0 Å². The summed E-state index contributed by atoms with van der Waals surface area (Å²) in [5.74, 6) is 0. The lowest BCUT2D eigenvalue weighted by Crippen LogP contribution is -2.54. The third-order valence-electron chi connectivity index (χ3n) is 4.36. The van der Waals surface area contributed by atoms with Crippen molar-refractivity contribution in [3.05, 3.63) is 23.8 Å². The van der Waals surface area contributed by atoms with Crippen LogP contribution in [0.25, 0.3) is 0 Å². The molecule has 21 heavy (non-hydrogen) atoms. The average molecular weight is 310 g/mol. The van der Waals surface area contributed by atoms with Crippen LogP contribution >= 0.6 is 0 Å². The molecule has 5 nitrogen and oxygen atoms in total. The Morgan fingerprint density at radius 1 is 1.24 bits per heavy atom. The summed E-state index contributed by atoms with van der Waals surface area (Å²) < 4.78 is 33.3. The van der Waals surface area contributed by atoms with E-state index in [1.165, 1.54) is 0 Å². The van der Waals surface area contributed by atoms with E-state index in [1.54, 1.807) is 22.5 Å². The van der Waals surface area contributed by atoms with Crippen molar-refractivity contribution < 1.29 is 13.2 Å². The number of anilines is 1. The lowest BCUT2D eigenvalue weighted by atomic mass is 9.91. The molecular formula is C15H22N2O3S. The molecule has 0 aromatic heterocycles. The third-order valence-corrected chi connectivity index (χ3v) is 6.26. The maximum absolute atomic E-state index is 13.0. The van der Waals surface area contributed by atoms with Gasteiger partial charge in [0.05, 0.1) is 23.6 Å². The third kappa shape index (κ3) is 2.80. The van der Waals surface area contributed by atoms with E-state index in [1.807, 2.05) is 6.92 Å². The number of ether oxygens (including phenoxy) is 1. The van der Waals surface area contributed by atoms with E-state index in [0.29, 0.717) is 23.7 Å². The largest absolute Gasteiger partial charge is 0.399 e. The summed E-state index contributed by atoms with van der Waals surface area (Å²) in [6.45, 7) is 2.76. The van der Waals surface area contributed by atoms with Gasteiger partial charge in [-0.1, -0.05) is 12.8 Å². The Bertz CT molecular complexity index is 608. The maximum atomic E-state index is 13.0. The number of nitrogen functional groups attached to an aromatic ring is 1. The Morgan fingerprint density at radius 3 is 2.76 bits per heavy atom. The van der Waals surface area contributed by atoms with Crippen LogP contribution in [0.1, 0.15) is 31.2 Å². The van der Waals surface area contributed by atoms with Crippen LogP contribution in [-0.2, 0) is 14.8 Å². The topological polar surface area (TPSA) is 72.6 Å². The highest BCUT2D eigenvalue weighted by Gasteiger charge is 2.40. The molecule has 0 radical (unpaired) electrons. The van der Waals surface area contributed by atoms with E-state index in [-0.39, 0.29) is 12.1 Å². The number of hydrogen-bond donors (Lipinski definition) is 1. The van der Waals surface area contributed by atoms with Gasteiger partial charge in [-0.05, 0) is 43.5 Å². The number of fused-ring (bicyclic) bond motifs is 1. The van der Waals surface area contributed by atoms with Crippen LogP contribution in [-0.4, -0.2) is 38.0 Å². The van der Waals surface area contributed by atoms with E-state index in [9.17, 15) is 8.42 Å². The monoisotopic (exact) mass is 310 g/mol. The van der Waals surface area contributed by atoms with Crippen molar-refractivity contribution in [2.75, 3.05) is 18.9 Å². The first kappa shape index (κ1) is 14.8. The number of sulfonamides is 1. The molecule has 3 rings (SSSR count). The Morgan fingerprint density at radius 2 is 2.00 bits per heavy atom. The molecule has 116 valence electrons. The first-order valence-electron chi connectivity index (χ1n) is 7.49. The zero-order valence-corrected chi connectivity index (χ0v) is 13.1. The summed E-state index contributed by atoms with van der Waals surface area (Å²) in [5, 5.41) is 0. The SMILES string of the molecule is Cc1cc(N)cc(S(=O)(=O)N2CCOC3CCCCC32)c1. The van der Waals surface area contributed by atoms with Gasteiger partial charge >= 0.3 is 0 Å². The van der Waals surface area contributed by atoms with Gasteiger partial charge in [0, 0.05) is 12.2 Å². The average Bonchev–Trinajstić information content (AvgIpc) is 2.45. The van der Waals surface area contributed by atoms with Crippen LogP contribution < -0.4 is 5.73 Å². The predicted molar refractivity (Wildman–Crippen MR) is 81.5 cm³/mol. The van der Waals surface area contributed by atoms with Gasteiger partial charge in [0.2, 0.25) is 10.0 Å². The molecule has 1 aliphatic heterocycles. The van der Waals surface area contributed by atoms with Gasteiger partial charge in [-0.2, -0.15) is 4.31 Å². The summed E-state index contributed by atoms with van der Waals surface area (Å²) in [6.07, 6.45) is 4.06. The summed E-state index contributed by atoms with van der Waals surface area (Å²) in [7, 11) is -3.50. The summed E-state index contributed by atoms with van der Waals surface area (Å²) >= 11 is 0. The molecule has 2 fully saturated rings. The van der Waals surface area contributed by atoms with Crippen molar-refractivity contribution in [3.8, 4) is 0 Å². The quantitative estimate of drug-likeness (QED) is 0.847. The summed E-state index contributed by atoms with van der Waals surface area (Å²) in [6, 6.07) is 5.00. The molecule has 0 amide bonds. The van der Waals surface area contributed by atoms with E-state index in [0.717, 1.165) is 31.2 Å². The molecule has 0 spiro atoms. The van der Waals surface area contributed by atoms with Crippen LogP contribution in [0.4, 0.5) is 5.69 Å². The second-order valence-corrected chi connectivity index (χ2v) is 7.85. The fourth-order valence-corrected chi connectivity index (χ4v) is 5.22. The first-order chi connectivity index (χ1) is 9.98. The standard InChI is InChI=1S/C15H22N2O3S/c1-11-8-12(16)10-13(9-11)21(18,19)17-6-7-20-15-5-3-2-4-14(15)17/h8-10,14-15H,2-7,16H2,1H3. The van der Waals surface area contributed by atoms with Crippen LogP contribution in [0.2, 0.25) is 0 Å². The minimum atomic E-state index is -3.50. The van der Waals surface area contributed by atoms with Crippen molar-refractivity contribution in [2.45, 2.75) is 49.6 Å². The van der Waals surface area contributed by atoms with Crippen molar-refractivity contribution in [3.63, 3.8) is 0 Å². The minimum absolute atomic E-state index is 0.0285. The number of morpholine rings is 1. The molecule has 2 aliphatic rings. The fraction of sp³-hybridized carbons (Fsp3) is 0.600. The Kier molecular flexibility index (Phi) is 3.94. The number of rotatable bonds is 2. The van der Waals surface area contributed by atoms with Gasteiger partial charge in [-0.25, -0.2) is 8.42 Å². The lowest BCUT2D eigenvalue weighted by Gasteiger charge is -2.42. The molecule has 2 N–H and O–H groups in total. The van der Waals surface area contributed by atoms with Crippen molar-refractivity contribution in [2.24, 2.45) is 0 Å². The molecule has 6 heteroatoms. The highest BCUT2D eigenvalue weighted by atomic mass is 32.2. The molecular weight excluding hydrogens is 288 g/mol. The van der Waals surface area contributed by atoms with Gasteiger partial charge < -0.3 is 10.5 Å². The Hall–Kier alpha value is -1.11. The normalized spacial score (nSPS) is 27.3. The number of nitrogens with two attached hydrogens (primary N) is 1. The number of hydrogen-bond acceptors (Lipinski definition) is 4. The van der Waals surface area contributed by atoms with Crippen LogP contribution in [0.5, 0.6) is 0 Å². The highest BCUT2D eigenvalue weighted by Crippen LogP contribution is 2.32. The van der Waals surface area contributed by atoms with Crippen LogP contribution in [0.15, 0.2) is 23.1 Å². The molecule has 1 aliphatic carbocycles. The van der Waals surface area contributed by atoms with Crippen LogP contribution in [0, 0.1) is 6.92 Å². The fourth-order valence-electron chi connectivity index (χ4n) is 3.42. The summed E-state index contributed by atoms with van der Waals surface area (Å²) in [5.41, 5.74) is 7.16. The van der Waals surface area contributed by atoms with Gasteiger partial charge in [0.25, 0.3) is 0 Å². The van der Waals surface area contributed by atoms with Crippen LogP contribution in [0.3, 0.4) is 0 Å². The lowest BCUT2D eigenvalue weighted by molar-refractivity contribution is -0.0586. The molecule has 1 aromatic carbocycles. The zero-order chi connectivity index (χ0) is 15.0. The molecule has 1 saturated heterocycles. The van der Waals surface area contributed by atoms with E-state index in [2.05, 4.69) is 0 Å². The van der Waals surface area contributed by atoms with Crippen molar-refractivity contribution in [1.29, 1.82) is 0 Å². The number of benzene rings is 1. The minimum Gasteiger partial charge on any atom is -0.399 e. The van der Waals surface area contributed by atoms with E-state index < -0.39 is 10.0 Å². The molecule has 1 aromatic rings. The van der Waals surface area contributed by atoms with Gasteiger partial charge in [-0.15, -0.1) is 0 Å². The van der Waals surface area contributed by atoms with Crippen molar-refractivity contribution in [1.82, 2.24) is 4.31 Å². The number of aryl methyl sites for hydroxylation is 1. The van der Waals surface area contributed by atoms with Gasteiger partial charge in [0.15, 0.2) is 0 Å². The number of nitrogens with zero attached hydrogens (tertiary/aromatic N) is 1. The van der Waals surface area contributed by atoms with Gasteiger partial charge in [0.1, 0.15) is 0 Å². The predicted octanol–water partition coefficient (Wildman–Crippen LogP) is 1.91. The Labute approximate surface area is 126 Å². The van der Waals surface area contributed by atoms with E-state index in [4.69, 9.17) is 10.5 Å². The second kappa shape index (κ2) is 5.59. The summed E-state index contributed by atoms with van der Waals surface area (Å²) in [4.78, 5) is 0.297. The molecule has 1 saturated carbocycles.